The maximum Gasteiger partial charge on any atom is 0.0894 e. The van der Waals surface area contributed by atoms with Crippen LogP contribution < -0.4 is 0 Å². The second kappa shape index (κ2) is 7.50. The standard InChI is InChI=1S/C20H12.C12H8N2/c1-5-13-6-2-11-17-18-12-4-8-14-7-3-10-16(20(14)18)15(9-1)19(13)17;1-2-6-10-9(5-1)13-11-7-3-4-8-12(11)14-10/h1-12H;1-8H. The molecule has 1 aromatic heterocycles. The zero-order chi connectivity index (χ0) is 22.5. The van der Waals surface area contributed by atoms with Crippen LogP contribution in [-0.2, 0) is 0 Å². The van der Waals surface area contributed by atoms with Crippen LogP contribution in [0, 0.1) is 0 Å². The van der Waals surface area contributed by atoms with Crippen molar-refractivity contribution in [2.24, 2.45) is 0 Å². The molecule has 0 saturated heterocycles. The van der Waals surface area contributed by atoms with E-state index in [0.29, 0.717) is 0 Å². The molecule has 0 amide bonds. The van der Waals surface area contributed by atoms with Crippen LogP contribution in [0.1, 0.15) is 0 Å². The smallest absolute Gasteiger partial charge is 0.0894 e. The minimum atomic E-state index is 0.950. The molecule has 0 fully saturated rings. The van der Waals surface area contributed by atoms with Crippen molar-refractivity contribution >= 4 is 65.2 Å². The van der Waals surface area contributed by atoms with E-state index in [-0.39, 0.29) is 0 Å². The molecule has 0 N–H and O–H groups in total. The second-order valence-electron chi connectivity index (χ2n) is 8.62. The lowest BCUT2D eigenvalue weighted by Gasteiger charge is -2.13. The SMILES string of the molecule is c1cc2cccc3c4cccc5cccc(c(c1)c23)c54.c1ccc2nc3ccccc3nc2c1. The van der Waals surface area contributed by atoms with Crippen molar-refractivity contribution in [2.45, 2.75) is 0 Å². The van der Waals surface area contributed by atoms with Crippen molar-refractivity contribution in [2.75, 3.05) is 0 Å². The molecule has 0 atom stereocenters. The Morgan fingerprint density at radius 3 is 0.882 bits per heavy atom. The van der Waals surface area contributed by atoms with Crippen molar-refractivity contribution < 1.29 is 0 Å². The summed E-state index contributed by atoms with van der Waals surface area (Å²) < 4.78 is 0. The van der Waals surface area contributed by atoms with Gasteiger partial charge in [-0.05, 0) is 67.4 Å². The maximum atomic E-state index is 4.52. The Bertz CT molecular complexity index is 1700. The number of para-hydroxylation sites is 4. The molecule has 2 nitrogen and oxygen atoms in total. The fourth-order valence-electron chi connectivity index (χ4n) is 5.15. The minimum Gasteiger partial charge on any atom is -0.245 e. The molecular formula is C32H20N2. The van der Waals surface area contributed by atoms with Crippen LogP contribution >= 0.6 is 0 Å². The van der Waals surface area contributed by atoms with Crippen molar-refractivity contribution in [3.8, 4) is 0 Å². The van der Waals surface area contributed by atoms with Crippen LogP contribution in [-0.4, -0.2) is 9.97 Å². The molecule has 0 bridgehead atoms. The van der Waals surface area contributed by atoms with Crippen molar-refractivity contribution in [3.63, 3.8) is 0 Å². The van der Waals surface area contributed by atoms with E-state index in [1.54, 1.807) is 0 Å². The van der Waals surface area contributed by atoms with Gasteiger partial charge < -0.3 is 0 Å². The third-order valence-electron chi connectivity index (χ3n) is 6.64. The number of aromatic nitrogens is 2. The van der Waals surface area contributed by atoms with E-state index < -0.39 is 0 Å². The molecule has 0 unspecified atom stereocenters. The summed E-state index contributed by atoms with van der Waals surface area (Å²) in [5, 5.41) is 10.9. The molecule has 0 aliphatic heterocycles. The Balaban J connectivity index is 0.000000126. The Hall–Kier alpha value is -4.56. The number of hydrogen-bond acceptors (Lipinski definition) is 2. The molecule has 0 spiro atoms. The monoisotopic (exact) mass is 432 g/mol. The van der Waals surface area contributed by atoms with Crippen LogP contribution in [0.2, 0.25) is 0 Å². The third kappa shape index (κ3) is 2.89. The Labute approximate surface area is 196 Å². The fourth-order valence-corrected chi connectivity index (χ4v) is 5.15. The Kier molecular flexibility index (Phi) is 4.18. The first kappa shape index (κ1) is 19.0. The highest BCUT2D eigenvalue weighted by Crippen LogP contribution is 2.39. The predicted molar refractivity (Wildman–Crippen MR) is 145 cm³/mol. The van der Waals surface area contributed by atoms with Gasteiger partial charge in [0, 0.05) is 0 Å². The molecule has 0 aliphatic rings. The minimum absolute atomic E-state index is 0.950. The zero-order valence-electron chi connectivity index (χ0n) is 18.4. The van der Waals surface area contributed by atoms with Crippen molar-refractivity contribution in [3.05, 3.63) is 121 Å². The molecule has 0 radical (unpaired) electrons. The van der Waals surface area contributed by atoms with Gasteiger partial charge in [0.2, 0.25) is 0 Å². The summed E-state index contributed by atoms with van der Waals surface area (Å²) in [5.41, 5.74) is 3.80. The topological polar surface area (TPSA) is 25.8 Å². The normalized spacial score (nSPS) is 11.5. The lowest BCUT2D eigenvalue weighted by Crippen LogP contribution is -1.85. The van der Waals surface area contributed by atoms with Gasteiger partial charge in [-0.3, -0.25) is 0 Å². The summed E-state index contributed by atoms with van der Waals surface area (Å²) in [6.45, 7) is 0. The largest absolute Gasteiger partial charge is 0.245 e. The van der Waals surface area contributed by atoms with Gasteiger partial charge in [0.25, 0.3) is 0 Å². The van der Waals surface area contributed by atoms with E-state index in [1.807, 2.05) is 48.5 Å². The molecule has 8 aromatic rings. The van der Waals surface area contributed by atoms with Crippen LogP contribution in [0.15, 0.2) is 121 Å². The van der Waals surface area contributed by atoms with Gasteiger partial charge in [-0.15, -0.1) is 0 Å². The van der Waals surface area contributed by atoms with E-state index in [0.717, 1.165) is 22.1 Å². The summed E-state index contributed by atoms with van der Waals surface area (Å²) in [5.74, 6) is 0. The number of benzene rings is 7. The van der Waals surface area contributed by atoms with Crippen LogP contribution in [0.25, 0.3) is 65.2 Å². The molecule has 34 heavy (non-hydrogen) atoms. The fraction of sp³-hybridized carbons (Fsp3) is 0. The quantitative estimate of drug-likeness (QED) is 0.177. The van der Waals surface area contributed by atoms with Gasteiger partial charge in [0.1, 0.15) is 0 Å². The van der Waals surface area contributed by atoms with E-state index in [2.05, 4.69) is 82.8 Å². The van der Waals surface area contributed by atoms with Crippen molar-refractivity contribution in [1.29, 1.82) is 0 Å². The van der Waals surface area contributed by atoms with Gasteiger partial charge in [-0.2, -0.15) is 0 Å². The molecule has 7 aromatic carbocycles. The van der Waals surface area contributed by atoms with Gasteiger partial charge in [-0.25, -0.2) is 9.97 Å². The highest BCUT2D eigenvalue weighted by molar-refractivity contribution is 6.32. The van der Waals surface area contributed by atoms with Gasteiger partial charge >= 0.3 is 0 Å². The summed E-state index contributed by atoms with van der Waals surface area (Å²) in [4.78, 5) is 9.03. The first-order valence-electron chi connectivity index (χ1n) is 11.5. The van der Waals surface area contributed by atoms with E-state index in [9.17, 15) is 0 Å². The summed E-state index contributed by atoms with van der Waals surface area (Å²) in [6, 6.07) is 42.3. The first-order valence-corrected chi connectivity index (χ1v) is 11.5. The number of fused-ring (bicyclic) bond motifs is 4. The molecule has 0 aliphatic carbocycles. The molecular weight excluding hydrogens is 412 g/mol. The van der Waals surface area contributed by atoms with E-state index in [4.69, 9.17) is 0 Å². The highest BCUT2D eigenvalue weighted by Gasteiger charge is 2.11. The summed E-state index contributed by atoms with van der Waals surface area (Å²) in [6.07, 6.45) is 0. The Morgan fingerprint density at radius 1 is 0.294 bits per heavy atom. The number of rotatable bonds is 0. The average Bonchev–Trinajstić information content (AvgIpc) is 2.90. The van der Waals surface area contributed by atoms with Crippen LogP contribution in [0.3, 0.4) is 0 Å². The summed E-state index contributed by atoms with van der Waals surface area (Å²) in [7, 11) is 0. The molecule has 0 saturated carbocycles. The van der Waals surface area contributed by atoms with Crippen LogP contribution in [0.4, 0.5) is 0 Å². The van der Waals surface area contributed by atoms with Gasteiger partial charge in [0.05, 0.1) is 22.1 Å². The first-order chi connectivity index (χ1) is 16.9. The van der Waals surface area contributed by atoms with E-state index in [1.165, 1.54) is 43.1 Å². The summed E-state index contributed by atoms with van der Waals surface area (Å²) >= 11 is 0. The third-order valence-corrected chi connectivity index (χ3v) is 6.64. The van der Waals surface area contributed by atoms with Crippen molar-refractivity contribution in [1.82, 2.24) is 9.97 Å². The Morgan fingerprint density at radius 2 is 0.588 bits per heavy atom. The second-order valence-corrected chi connectivity index (χ2v) is 8.62. The predicted octanol–water partition coefficient (Wildman–Crippen LogP) is 8.52. The highest BCUT2D eigenvalue weighted by atomic mass is 14.8. The lowest BCUT2D eigenvalue weighted by atomic mass is 9.90. The van der Waals surface area contributed by atoms with Gasteiger partial charge in [0.15, 0.2) is 0 Å². The molecule has 2 heteroatoms. The molecule has 8 rings (SSSR count). The molecule has 1 heterocycles. The average molecular weight is 433 g/mol. The maximum absolute atomic E-state index is 4.52. The lowest BCUT2D eigenvalue weighted by molar-refractivity contribution is 1.39. The van der Waals surface area contributed by atoms with Gasteiger partial charge in [-0.1, -0.05) is 97.1 Å². The number of nitrogens with zero attached hydrogens (tertiary/aromatic N) is 2. The molecule has 158 valence electrons. The van der Waals surface area contributed by atoms with Crippen LogP contribution in [0.5, 0.6) is 0 Å². The zero-order valence-corrected chi connectivity index (χ0v) is 18.4. The van der Waals surface area contributed by atoms with E-state index >= 15 is 0 Å². The number of hydrogen-bond donors (Lipinski definition) is 0.